The molecule has 0 saturated carbocycles. The highest BCUT2D eigenvalue weighted by atomic mass is 19.4. The number of allylic oxidation sites excluding steroid dienone is 1. The lowest BCUT2D eigenvalue weighted by atomic mass is 10.0. The van der Waals surface area contributed by atoms with Gasteiger partial charge in [0.2, 0.25) is 0 Å². The van der Waals surface area contributed by atoms with Gasteiger partial charge < -0.3 is 9.47 Å². The topological polar surface area (TPSA) is 35.5 Å². The Morgan fingerprint density at radius 3 is 2.81 bits per heavy atom. The number of carbonyl (C=O) groups excluding carboxylic acids is 1. The lowest BCUT2D eigenvalue weighted by Gasteiger charge is -2.12. The van der Waals surface area contributed by atoms with Gasteiger partial charge in [0.15, 0.2) is 5.78 Å². The van der Waals surface area contributed by atoms with Crippen molar-refractivity contribution in [3.8, 4) is 0 Å². The Bertz CT molecular complexity index is 271. The van der Waals surface area contributed by atoms with Gasteiger partial charge in [-0.2, -0.15) is 13.2 Å². The molecule has 0 bridgehead atoms. The van der Waals surface area contributed by atoms with E-state index in [-0.39, 0.29) is 18.8 Å². The van der Waals surface area contributed by atoms with Crippen LogP contribution < -0.4 is 0 Å². The van der Waals surface area contributed by atoms with Crippen molar-refractivity contribution in [1.29, 1.82) is 0 Å². The van der Waals surface area contributed by atoms with Gasteiger partial charge in [-0.25, -0.2) is 0 Å². The molecule has 0 aromatic rings. The summed E-state index contributed by atoms with van der Waals surface area (Å²) in [4.78, 5) is 11.4. The highest BCUT2D eigenvalue weighted by molar-refractivity contribution is 5.95. The predicted octanol–water partition coefficient (Wildman–Crippen LogP) is 2.22. The number of carbonyl (C=O) groups is 1. The van der Waals surface area contributed by atoms with E-state index >= 15 is 0 Å². The molecular formula is C10H13F3O3. The largest absolute Gasteiger partial charge is 0.501 e. The van der Waals surface area contributed by atoms with Crippen molar-refractivity contribution in [1.82, 2.24) is 0 Å². The summed E-state index contributed by atoms with van der Waals surface area (Å²) in [6.45, 7) is -0.938. The Morgan fingerprint density at radius 2 is 2.25 bits per heavy atom. The predicted molar refractivity (Wildman–Crippen MR) is 49.8 cm³/mol. The lowest BCUT2D eigenvalue weighted by molar-refractivity contribution is -0.174. The van der Waals surface area contributed by atoms with Crippen LogP contribution in [0.25, 0.3) is 0 Å². The normalized spacial score (nSPS) is 16.6. The third-order valence-corrected chi connectivity index (χ3v) is 2.03. The average molecular weight is 238 g/mol. The van der Waals surface area contributed by atoms with Gasteiger partial charge in [0.1, 0.15) is 6.61 Å². The van der Waals surface area contributed by atoms with Crippen LogP contribution >= 0.6 is 0 Å². The number of ketones is 1. The second kappa shape index (κ2) is 5.89. The van der Waals surface area contributed by atoms with E-state index < -0.39 is 12.8 Å². The van der Waals surface area contributed by atoms with Crippen molar-refractivity contribution in [3.05, 3.63) is 11.8 Å². The molecule has 92 valence electrons. The molecular weight excluding hydrogens is 225 g/mol. The van der Waals surface area contributed by atoms with Gasteiger partial charge in [-0.05, 0) is 12.8 Å². The van der Waals surface area contributed by atoms with Crippen LogP contribution in [0.15, 0.2) is 11.8 Å². The van der Waals surface area contributed by atoms with Crippen molar-refractivity contribution >= 4 is 5.78 Å². The second-order valence-corrected chi connectivity index (χ2v) is 3.46. The molecule has 1 rings (SSSR count). The molecule has 0 aromatic heterocycles. The van der Waals surface area contributed by atoms with Crippen LogP contribution in [-0.2, 0) is 14.3 Å². The zero-order valence-electron chi connectivity index (χ0n) is 8.68. The quantitative estimate of drug-likeness (QED) is 0.689. The molecule has 1 heterocycles. The molecule has 0 aromatic carbocycles. The van der Waals surface area contributed by atoms with Crippen LogP contribution in [0.3, 0.4) is 0 Å². The first-order valence-electron chi connectivity index (χ1n) is 4.97. The zero-order valence-corrected chi connectivity index (χ0v) is 8.68. The van der Waals surface area contributed by atoms with Crippen molar-refractivity contribution in [2.24, 2.45) is 0 Å². The monoisotopic (exact) mass is 238 g/mol. The molecule has 0 spiro atoms. The van der Waals surface area contributed by atoms with E-state index in [0.29, 0.717) is 18.6 Å². The summed E-state index contributed by atoms with van der Waals surface area (Å²) in [6.07, 6.45) is -1.60. The number of hydrogen-bond acceptors (Lipinski definition) is 3. The van der Waals surface area contributed by atoms with Gasteiger partial charge in [-0.15, -0.1) is 0 Å². The number of halogens is 3. The van der Waals surface area contributed by atoms with Gasteiger partial charge in [-0.1, -0.05) is 0 Å². The summed E-state index contributed by atoms with van der Waals surface area (Å²) < 4.78 is 44.4. The first kappa shape index (κ1) is 13.0. The minimum Gasteiger partial charge on any atom is -0.501 e. The third-order valence-electron chi connectivity index (χ3n) is 2.03. The molecule has 0 atom stereocenters. The Hall–Kier alpha value is -1.04. The number of rotatable bonds is 5. The van der Waals surface area contributed by atoms with Crippen LogP contribution in [-0.4, -0.2) is 31.8 Å². The summed E-state index contributed by atoms with van der Waals surface area (Å²) in [6, 6.07) is 0. The maximum Gasteiger partial charge on any atom is 0.411 e. The number of ether oxygens (including phenoxy) is 2. The summed E-state index contributed by atoms with van der Waals surface area (Å²) in [5.74, 6) is -0.207. The summed E-state index contributed by atoms with van der Waals surface area (Å²) in [7, 11) is 0. The Balaban J connectivity index is 2.18. The van der Waals surface area contributed by atoms with Crippen molar-refractivity contribution in [2.75, 3.05) is 19.8 Å². The van der Waals surface area contributed by atoms with Crippen molar-refractivity contribution in [3.63, 3.8) is 0 Å². The smallest absolute Gasteiger partial charge is 0.411 e. The molecule has 1 aliphatic heterocycles. The van der Waals surface area contributed by atoms with Crippen LogP contribution in [0.5, 0.6) is 0 Å². The van der Waals surface area contributed by atoms with E-state index in [1.807, 2.05) is 0 Å². The lowest BCUT2D eigenvalue weighted by Crippen LogP contribution is -2.19. The highest BCUT2D eigenvalue weighted by Crippen LogP contribution is 2.16. The van der Waals surface area contributed by atoms with E-state index in [9.17, 15) is 18.0 Å². The van der Waals surface area contributed by atoms with Gasteiger partial charge in [0.05, 0.1) is 19.5 Å². The van der Waals surface area contributed by atoms with E-state index in [1.165, 1.54) is 6.26 Å². The minimum absolute atomic E-state index is 0.0364. The molecule has 3 nitrogen and oxygen atoms in total. The first-order chi connectivity index (χ1) is 7.49. The minimum atomic E-state index is -4.34. The second-order valence-electron chi connectivity index (χ2n) is 3.46. The van der Waals surface area contributed by atoms with Gasteiger partial charge in [0, 0.05) is 12.0 Å². The number of hydrogen-bond donors (Lipinski definition) is 0. The zero-order chi connectivity index (χ0) is 12.0. The van der Waals surface area contributed by atoms with Crippen molar-refractivity contribution < 1.29 is 27.4 Å². The first-order valence-corrected chi connectivity index (χ1v) is 4.97. The molecule has 1 aliphatic rings. The fourth-order valence-electron chi connectivity index (χ4n) is 1.28. The molecule has 0 saturated heterocycles. The molecule has 6 heteroatoms. The molecule has 0 unspecified atom stereocenters. The molecule has 16 heavy (non-hydrogen) atoms. The molecule has 0 amide bonds. The van der Waals surface area contributed by atoms with Crippen LogP contribution in [0.1, 0.15) is 19.3 Å². The fourth-order valence-corrected chi connectivity index (χ4v) is 1.28. The van der Waals surface area contributed by atoms with Crippen molar-refractivity contribution in [2.45, 2.75) is 25.4 Å². The summed E-state index contributed by atoms with van der Waals surface area (Å²) in [5, 5.41) is 0. The number of alkyl halides is 3. The van der Waals surface area contributed by atoms with Gasteiger partial charge >= 0.3 is 6.18 Å². The maximum atomic E-state index is 11.7. The number of Topliss-reactive ketones (excluding diaryl/α,β-unsaturated/α-hetero) is 1. The van der Waals surface area contributed by atoms with Crippen LogP contribution in [0.2, 0.25) is 0 Å². The van der Waals surface area contributed by atoms with Gasteiger partial charge in [-0.3, -0.25) is 4.79 Å². The van der Waals surface area contributed by atoms with E-state index in [0.717, 1.165) is 6.42 Å². The van der Waals surface area contributed by atoms with E-state index in [1.54, 1.807) is 0 Å². The fraction of sp³-hybridized carbons (Fsp3) is 0.700. The molecule has 0 aliphatic carbocycles. The Labute approximate surface area is 91.2 Å². The van der Waals surface area contributed by atoms with Crippen LogP contribution in [0, 0.1) is 0 Å². The Morgan fingerprint density at radius 1 is 1.50 bits per heavy atom. The summed E-state index contributed by atoms with van der Waals surface area (Å²) in [5.41, 5.74) is 0.529. The third kappa shape index (κ3) is 5.16. The Kier molecular flexibility index (Phi) is 4.79. The molecule has 0 radical (unpaired) electrons. The SMILES string of the molecule is O=C(CCOCC(F)(F)F)C1=COCCC1. The highest BCUT2D eigenvalue weighted by Gasteiger charge is 2.27. The molecule has 0 fully saturated rings. The van der Waals surface area contributed by atoms with Gasteiger partial charge in [0.25, 0.3) is 0 Å². The molecule has 0 N–H and O–H groups in total. The summed E-state index contributed by atoms with van der Waals surface area (Å²) >= 11 is 0. The average Bonchev–Trinajstić information content (AvgIpc) is 2.24. The van der Waals surface area contributed by atoms with E-state index in [4.69, 9.17) is 4.74 Å². The van der Waals surface area contributed by atoms with E-state index in [2.05, 4.69) is 4.74 Å². The standard InChI is InChI=1S/C10H13F3O3/c11-10(12,13)7-16-5-3-9(14)8-2-1-4-15-6-8/h6H,1-5,7H2. The maximum absolute atomic E-state index is 11.7. The van der Waals surface area contributed by atoms with Crippen LogP contribution in [0.4, 0.5) is 13.2 Å².